The van der Waals surface area contributed by atoms with E-state index < -0.39 is 5.63 Å². The Morgan fingerprint density at radius 3 is 2.81 bits per heavy atom. The Balaban J connectivity index is 0.000000775. The predicted octanol–water partition coefficient (Wildman–Crippen LogP) is 0.785. The largest absolute Gasteiger partial charge is 0.483 e. The minimum absolute atomic E-state index is 0.107. The van der Waals surface area contributed by atoms with Gasteiger partial charge in [-0.3, -0.25) is 19.4 Å². The number of carboxylic acid groups (broad SMARTS) is 1. The molecule has 10 nitrogen and oxygen atoms in total. The number of rotatable bonds is 4. The SMILES string of the molecule is O=C(NC[C@H]1[C@H]2CN(C(=O)c3ccc(=O)oc3)C[C@]23CC[C@H]1O3)c1ccccn1.O=CO. The van der Waals surface area contributed by atoms with Gasteiger partial charge in [-0.1, -0.05) is 6.07 Å². The minimum atomic E-state index is -0.482. The third-order valence-corrected chi connectivity index (χ3v) is 6.41. The first-order valence-electron chi connectivity index (χ1n) is 10.3. The summed E-state index contributed by atoms with van der Waals surface area (Å²) < 4.78 is 11.2. The van der Waals surface area contributed by atoms with Crippen LogP contribution in [0.1, 0.15) is 33.7 Å². The maximum Gasteiger partial charge on any atom is 0.335 e. The summed E-state index contributed by atoms with van der Waals surface area (Å²) in [5.74, 6) is -0.0404. The Morgan fingerprint density at radius 1 is 1.31 bits per heavy atom. The van der Waals surface area contributed by atoms with Gasteiger partial charge in [-0.25, -0.2) is 4.79 Å². The van der Waals surface area contributed by atoms with Crippen molar-refractivity contribution in [1.29, 1.82) is 0 Å². The Labute approximate surface area is 183 Å². The van der Waals surface area contributed by atoms with Crippen molar-refractivity contribution in [3.8, 4) is 0 Å². The van der Waals surface area contributed by atoms with E-state index in [0.717, 1.165) is 12.8 Å². The van der Waals surface area contributed by atoms with Gasteiger partial charge < -0.3 is 24.5 Å². The van der Waals surface area contributed by atoms with Gasteiger partial charge in [0.2, 0.25) is 0 Å². The van der Waals surface area contributed by atoms with Gasteiger partial charge >= 0.3 is 5.63 Å². The van der Waals surface area contributed by atoms with Gasteiger partial charge in [0.25, 0.3) is 18.3 Å². The van der Waals surface area contributed by atoms with Crippen LogP contribution in [0.2, 0.25) is 0 Å². The molecule has 2 N–H and O–H groups in total. The molecule has 2 bridgehead atoms. The number of likely N-dealkylation sites (tertiary alicyclic amines) is 1. The number of pyridine rings is 1. The average molecular weight is 441 g/mol. The molecule has 3 aliphatic rings. The molecule has 2 aromatic heterocycles. The van der Waals surface area contributed by atoms with E-state index >= 15 is 0 Å². The van der Waals surface area contributed by atoms with Crippen LogP contribution in [-0.2, 0) is 9.53 Å². The van der Waals surface area contributed by atoms with Crippen LogP contribution >= 0.6 is 0 Å². The van der Waals surface area contributed by atoms with E-state index in [4.69, 9.17) is 19.1 Å². The van der Waals surface area contributed by atoms with Crippen molar-refractivity contribution in [3.63, 3.8) is 0 Å². The van der Waals surface area contributed by atoms with Crippen LogP contribution in [0.4, 0.5) is 0 Å². The minimum Gasteiger partial charge on any atom is -0.483 e. The van der Waals surface area contributed by atoms with Gasteiger partial charge in [-0.2, -0.15) is 0 Å². The van der Waals surface area contributed by atoms with E-state index in [1.807, 2.05) is 0 Å². The molecule has 0 saturated carbocycles. The highest BCUT2D eigenvalue weighted by molar-refractivity contribution is 5.94. The molecule has 2 amide bonds. The Hall–Kier alpha value is -3.53. The second-order valence-electron chi connectivity index (χ2n) is 8.09. The third kappa shape index (κ3) is 4.01. The Bertz CT molecular complexity index is 1040. The van der Waals surface area contributed by atoms with Crippen LogP contribution in [0.15, 0.2) is 52.0 Å². The van der Waals surface area contributed by atoms with Crippen molar-refractivity contribution >= 4 is 18.3 Å². The molecule has 2 aromatic rings. The number of fused-ring (bicyclic) bond motifs is 1. The van der Waals surface area contributed by atoms with Crippen LogP contribution in [0.25, 0.3) is 0 Å². The van der Waals surface area contributed by atoms with Gasteiger partial charge in [0.15, 0.2) is 0 Å². The third-order valence-electron chi connectivity index (χ3n) is 6.41. The molecule has 3 aliphatic heterocycles. The second-order valence-corrected chi connectivity index (χ2v) is 8.09. The fraction of sp³-hybridized carbons (Fsp3) is 0.409. The van der Waals surface area contributed by atoms with Crippen LogP contribution < -0.4 is 10.9 Å². The molecule has 0 aromatic carbocycles. The van der Waals surface area contributed by atoms with Gasteiger partial charge in [0, 0.05) is 37.2 Å². The first-order chi connectivity index (χ1) is 15.5. The number of carbonyl (C=O) groups excluding carboxylic acids is 2. The number of aromatic nitrogens is 1. The first-order valence-corrected chi connectivity index (χ1v) is 10.3. The van der Waals surface area contributed by atoms with Crippen LogP contribution in [0, 0.1) is 11.8 Å². The Morgan fingerprint density at radius 2 is 2.12 bits per heavy atom. The van der Waals surface area contributed by atoms with E-state index in [-0.39, 0.29) is 41.8 Å². The molecular formula is C22H23N3O7. The zero-order valence-corrected chi connectivity index (χ0v) is 17.2. The van der Waals surface area contributed by atoms with Crippen molar-refractivity contribution in [1.82, 2.24) is 15.2 Å². The average Bonchev–Trinajstić information content (AvgIpc) is 3.47. The molecule has 168 valence electrons. The summed E-state index contributed by atoms with van der Waals surface area (Å²) in [7, 11) is 0. The molecule has 0 aliphatic carbocycles. The highest BCUT2D eigenvalue weighted by Crippen LogP contribution is 2.54. The van der Waals surface area contributed by atoms with Gasteiger partial charge in [0.1, 0.15) is 12.0 Å². The number of ether oxygens (including phenoxy) is 1. The van der Waals surface area contributed by atoms with Gasteiger partial charge in [-0.15, -0.1) is 0 Å². The van der Waals surface area contributed by atoms with E-state index in [2.05, 4.69) is 10.3 Å². The number of nitrogens with one attached hydrogen (secondary N) is 1. The number of amides is 2. The lowest BCUT2D eigenvalue weighted by atomic mass is 9.73. The lowest BCUT2D eigenvalue weighted by Crippen LogP contribution is -2.42. The van der Waals surface area contributed by atoms with Crippen LogP contribution in [-0.4, -0.2) is 64.6 Å². The molecule has 3 saturated heterocycles. The fourth-order valence-electron chi connectivity index (χ4n) is 5.08. The maximum atomic E-state index is 12.8. The van der Waals surface area contributed by atoms with E-state index in [1.54, 1.807) is 29.3 Å². The highest BCUT2D eigenvalue weighted by atomic mass is 16.5. The molecule has 5 heterocycles. The monoisotopic (exact) mass is 441 g/mol. The summed E-state index contributed by atoms with van der Waals surface area (Å²) >= 11 is 0. The topological polar surface area (TPSA) is 139 Å². The van der Waals surface area contributed by atoms with Gasteiger partial charge in [-0.05, 0) is 31.0 Å². The summed E-state index contributed by atoms with van der Waals surface area (Å²) in [5, 5.41) is 9.87. The first kappa shape index (κ1) is 21.7. The molecule has 32 heavy (non-hydrogen) atoms. The predicted molar refractivity (Wildman–Crippen MR) is 110 cm³/mol. The van der Waals surface area contributed by atoms with Crippen molar-refractivity contribution in [2.45, 2.75) is 24.5 Å². The lowest BCUT2D eigenvalue weighted by Gasteiger charge is -2.29. The summed E-state index contributed by atoms with van der Waals surface area (Å²) in [6.45, 7) is 1.34. The normalized spacial score (nSPS) is 27.2. The molecule has 0 radical (unpaired) electrons. The van der Waals surface area contributed by atoms with Crippen molar-refractivity contribution in [2.75, 3.05) is 19.6 Å². The number of nitrogens with zero attached hydrogens (tertiary/aromatic N) is 2. The summed E-state index contributed by atoms with van der Waals surface area (Å²) in [6.07, 6.45) is 4.76. The molecule has 5 rings (SSSR count). The summed E-state index contributed by atoms with van der Waals surface area (Å²) in [5.41, 5.74) is -0.0733. The lowest BCUT2D eigenvalue weighted by molar-refractivity contribution is -0.122. The van der Waals surface area contributed by atoms with Crippen molar-refractivity contribution in [3.05, 3.63) is 64.5 Å². The quantitative estimate of drug-likeness (QED) is 0.664. The van der Waals surface area contributed by atoms with E-state index in [0.29, 0.717) is 30.9 Å². The molecule has 4 atom stereocenters. The molecule has 0 unspecified atom stereocenters. The van der Waals surface area contributed by atoms with E-state index in [9.17, 15) is 14.4 Å². The number of hydrogen-bond donors (Lipinski definition) is 2. The number of carbonyl (C=O) groups is 3. The van der Waals surface area contributed by atoms with E-state index in [1.165, 1.54) is 18.4 Å². The maximum absolute atomic E-state index is 12.8. The molecular weight excluding hydrogens is 418 g/mol. The Kier molecular flexibility index (Phi) is 6.04. The van der Waals surface area contributed by atoms with Gasteiger partial charge in [0.05, 0.1) is 23.8 Å². The van der Waals surface area contributed by atoms with Crippen molar-refractivity contribution < 1.29 is 28.6 Å². The number of hydrogen-bond acceptors (Lipinski definition) is 7. The molecule has 1 spiro atoms. The smallest absolute Gasteiger partial charge is 0.335 e. The van der Waals surface area contributed by atoms with Crippen LogP contribution in [0.5, 0.6) is 0 Å². The summed E-state index contributed by atoms with van der Waals surface area (Å²) in [4.78, 5) is 50.6. The van der Waals surface area contributed by atoms with Crippen molar-refractivity contribution in [2.24, 2.45) is 11.8 Å². The van der Waals surface area contributed by atoms with Crippen LogP contribution in [0.3, 0.4) is 0 Å². The molecule has 10 heteroatoms. The fourth-order valence-corrected chi connectivity index (χ4v) is 5.08. The second kappa shape index (κ2) is 8.91. The highest BCUT2D eigenvalue weighted by Gasteiger charge is 2.63. The summed E-state index contributed by atoms with van der Waals surface area (Å²) in [6, 6.07) is 7.97. The zero-order chi connectivity index (χ0) is 22.7. The zero-order valence-electron chi connectivity index (χ0n) is 17.2. The molecule has 3 fully saturated rings. The standard InChI is InChI=1S/C21H21N3O5.CH2O2/c25-18-5-4-13(11-28-18)20(27)24-10-15-14(17-6-7-21(15,12-24)29-17)9-23-19(26)16-3-1-2-8-22-16;2-1-3/h1-5,8,11,14-15,17H,6-7,9-10,12H2,(H,23,26);1H,(H,2,3)/t14-,15+,17+,21+;/m0./s1.